The van der Waals surface area contributed by atoms with Crippen LogP contribution in [0, 0.1) is 13.8 Å². The highest BCUT2D eigenvalue weighted by molar-refractivity contribution is 5.96. The lowest BCUT2D eigenvalue weighted by Crippen LogP contribution is -2.35. The van der Waals surface area contributed by atoms with Gasteiger partial charge >= 0.3 is 0 Å². The zero-order valence-corrected chi connectivity index (χ0v) is 16.2. The van der Waals surface area contributed by atoms with Crippen molar-refractivity contribution in [2.75, 3.05) is 29.5 Å². The maximum atomic E-state index is 12.7. The predicted molar refractivity (Wildman–Crippen MR) is 107 cm³/mol. The molecule has 2 aromatic carbocycles. The number of carbonyl (C=O) groups excluding carboxylic acids is 2. The first-order chi connectivity index (χ1) is 13.0. The van der Waals surface area contributed by atoms with E-state index < -0.39 is 0 Å². The van der Waals surface area contributed by atoms with Crippen molar-refractivity contribution in [3.8, 4) is 5.75 Å². The summed E-state index contributed by atoms with van der Waals surface area (Å²) in [7, 11) is 0. The Hall–Kier alpha value is -2.82. The molecule has 1 aliphatic rings. The molecule has 0 spiro atoms. The fourth-order valence-corrected chi connectivity index (χ4v) is 3.36. The van der Waals surface area contributed by atoms with Crippen LogP contribution < -0.4 is 14.5 Å². The maximum absolute atomic E-state index is 12.7. The number of aryl methyl sites for hydroxylation is 2. The topological polar surface area (TPSA) is 49.9 Å². The van der Waals surface area contributed by atoms with E-state index in [1.165, 1.54) is 0 Å². The van der Waals surface area contributed by atoms with E-state index in [9.17, 15) is 9.59 Å². The van der Waals surface area contributed by atoms with Gasteiger partial charge in [0.2, 0.25) is 5.91 Å². The largest absolute Gasteiger partial charge is 0.484 e. The van der Waals surface area contributed by atoms with Gasteiger partial charge in [0.05, 0.1) is 0 Å². The van der Waals surface area contributed by atoms with Crippen molar-refractivity contribution in [2.45, 2.75) is 33.6 Å². The van der Waals surface area contributed by atoms with E-state index >= 15 is 0 Å². The van der Waals surface area contributed by atoms with E-state index in [4.69, 9.17) is 4.74 Å². The quantitative estimate of drug-likeness (QED) is 0.780. The highest BCUT2D eigenvalue weighted by Gasteiger charge is 2.21. The Bertz CT molecular complexity index is 830. The minimum Gasteiger partial charge on any atom is -0.484 e. The molecule has 3 rings (SSSR count). The third-order valence-electron chi connectivity index (χ3n) is 4.86. The molecule has 0 unspecified atom stereocenters. The molecule has 0 bridgehead atoms. The van der Waals surface area contributed by atoms with E-state index in [0.717, 1.165) is 35.5 Å². The fourth-order valence-electron chi connectivity index (χ4n) is 3.36. The number of benzene rings is 2. The van der Waals surface area contributed by atoms with Crippen molar-refractivity contribution in [2.24, 2.45) is 0 Å². The molecule has 0 aliphatic carbocycles. The number of anilines is 2. The number of nitrogens with zero attached hydrogens (tertiary/aromatic N) is 2. The lowest BCUT2D eigenvalue weighted by Gasteiger charge is -2.23. The van der Waals surface area contributed by atoms with Crippen LogP contribution in [0.3, 0.4) is 0 Å². The summed E-state index contributed by atoms with van der Waals surface area (Å²) in [5.41, 5.74) is 3.99. The summed E-state index contributed by atoms with van der Waals surface area (Å²) in [5.74, 6) is 0.701. The summed E-state index contributed by atoms with van der Waals surface area (Å²) in [6.07, 6.45) is 1.51. The summed E-state index contributed by atoms with van der Waals surface area (Å²) < 4.78 is 5.69. The van der Waals surface area contributed by atoms with Gasteiger partial charge in [0.1, 0.15) is 5.75 Å². The summed E-state index contributed by atoms with van der Waals surface area (Å²) in [6, 6.07) is 13.4. The van der Waals surface area contributed by atoms with E-state index in [1.807, 2.05) is 63.2 Å². The standard InChI is InChI=1S/C22H26N2O3/c1-4-23(20-14-16(2)7-8-17(20)3)22(26)15-27-19-11-9-18(10-12-19)24-13-5-6-21(24)25/h7-12,14H,4-6,13,15H2,1-3H3. The lowest BCUT2D eigenvalue weighted by atomic mass is 10.1. The van der Waals surface area contributed by atoms with Crippen LogP contribution in [0.2, 0.25) is 0 Å². The predicted octanol–water partition coefficient (Wildman–Crippen LogP) is 3.86. The smallest absolute Gasteiger partial charge is 0.264 e. The first-order valence-electron chi connectivity index (χ1n) is 9.40. The van der Waals surface area contributed by atoms with Crippen LogP contribution in [-0.4, -0.2) is 31.5 Å². The van der Waals surface area contributed by atoms with Gasteiger partial charge in [-0.2, -0.15) is 0 Å². The van der Waals surface area contributed by atoms with Gasteiger partial charge in [0.25, 0.3) is 5.91 Å². The second kappa shape index (κ2) is 8.25. The number of hydrogen-bond donors (Lipinski definition) is 0. The Labute approximate surface area is 160 Å². The van der Waals surface area contributed by atoms with Gasteiger partial charge in [-0.1, -0.05) is 12.1 Å². The number of amides is 2. The molecule has 2 amide bonds. The van der Waals surface area contributed by atoms with E-state index in [-0.39, 0.29) is 18.4 Å². The zero-order valence-electron chi connectivity index (χ0n) is 16.2. The summed E-state index contributed by atoms with van der Waals surface area (Å²) in [5, 5.41) is 0. The first kappa shape index (κ1) is 19.0. The summed E-state index contributed by atoms with van der Waals surface area (Å²) in [4.78, 5) is 28.0. The SMILES string of the molecule is CCN(C(=O)COc1ccc(N2CCCC2=O)cc1)c1cc(C)ccc1C. The van der Waals surface area contributed by atoms with Gasteiger partial charge in [0, 0.05) is 30.9 Å². The molecule has 1 fully saturated rings. The number of likely N-dealkylation sites (N-methyl/N-ethyl adjacent to an activating group) is 1. The van der Waals surface area contributed by atoms with Crippen LogP contribution in [0.5, 0.6) is 5.75 Å². The fraction of sp³-hybridized carbons (Fsp3) is 0.364. The van der Waals surface area contributed by atoms with E-state index in [0.29, 0.717) is 18.7 Å². The summed E-state index contributed by atoms with van der Waals surface area (Å²) >= 11 is 0. The number of hydrogen-bond acceptors (Lipinski definition) is 3. The highest BCUT2D eigenvalue weighted by Crippen LogP contribution is 2.25. The third-order valence-corrected chi connectivity index (χ3v) is 4.86. The number of ether oxygens (including phenoxy) is 1. The van der Waals surface area contributed by atoms with Gasteiger partial charge < -0.3 is 14.5 Å². The minimum atomic E-state index is -0.0787. The van der Waals surface area contributed by atoms with Crippen LogP contribution in [-0.2, 0) is 9.59 Å². The van der Waals surface area contributed by atoms with Crippen LogP contribution in [0.15, 0.2) is 42.5 Å². The molecule has 142 valence electrons. The molecule has 1 heterocycles. The Morgan fingerprint density at radius 1 is 1.15 bits per heavy atom. The van der Waals surface area contributed by atoms with Gasteiger partial charge in [-0.15, -0.1) is 0 Å². The molecule has 27 heavy (non-hydrogen) atoms. The molecule has 0 saturated carbocycles. The van der Waals surface area contributed by atoms with Gasteiger partial charge in [0.15, 0.2) is 6.61 Å². The van der Waals surface area contributed by atoms with Crippen molar-refractivity contribution in [3.05, 3.63) is 53.6 Å². The van der Waals surface area contributed by atoms with Gasteiger partial charge in [-0.3, -0.25) is 9.59 Å². The average Bonchev–Trinajstić information content (AvgIpc) is 3.10. The van der Waals surface area contributed by atoms with Crippen molar-refractivity contribution < 1.29 is 14.3 Å². The van der Waals surface area contributed by atoms with Gasteiger partial charge in [-0.05, 0) is 68.7 Å². The second-order valence-corrected chi connectivity index (χ2v) is 6.86. The van der Waals surface area contributed by atoms with E-state index in [2.05, 4.69) is 0 Å². The average molecular weight is 366 g/mol. The normalized spacial score (nSPS) is 13.7. The minimum absolute atomic E-state index is 0.0246. The van der Waals surface area contributed by atoms with Crippen LogP contribution in [0.1, 0.15) is 30.9 Å². The molecule has 5 heteroatoms. The molecule has 1 aliphatic heterocycles. The third kappa shape index (κ3) is 4.30. The monoisotopic (exact) mass is 366 g/mol. The van der Waals surface area contributed by atoms with Crippen LogP contribution >= 0.6 is 0 Å². The molecule has 0 N–H and O–H groups in total. The number of carbonyl (C=O) groups is 2. The molecular formula is C22H26N2O3. The Balaban J connectivity index is 1.64. The Morgan fingerprint density at radius 2 is 1.89 bits per heavy atom. The molecule has 0 aromatic heterocycles. The molecule has 1 saturated heterocycles. The summed E-state index contributed by atoms with van der Waals surface area (Å²) in [6.45, 7) is 7.31. The van der Waals surface area contributed by atoms with Crippen molar-refractivity contribution in [3.63, 3.8) is 0 Å². The number of rotatable bonds is 6. The lowest BCUT2D eigenvalue weighted by molar-refractivity contribution is -0.120. The van der Waals surface area contributed by atoms with Crippen LogP contribution in [0.25, 0.3) is 0 Å². The van der Waals surface area contributed by atoms with Crippen LogP contribution in [0.4, 0.5) is 11.4 Å². The molecule has 0 radical (unpaired) electrons. The van der Waals surface area contributed by atoms with Gasteiger partial charge in [-0.25, -0.2) is 0 Å². The Morgan fingerprint density at radius 3 is 2.52 bits per heavy atom. The molecule has 5 nitrogen and oxygen atoms in total. The highest BCUT2D eigenvalue weighted by atomic mass is 16.5. The van der Waals surface area contributed by atoms with Crippen molar-refractivity contribution in [1.82, 2.24) is 0 Å². The Kier molecular flexibility index (Phi) is 5.79. The van der Waals surface area contributed by atoms with Crippen molar-refractivity contribution >= 4 is 23.2 Å². The zero-order chi connectivity index (χ0) is 19.4. The first-order valence-corrected chi connectivity index (χ1v) is 9.40. The molecule has 2 aromatic rings. The maximum Gasteiger partial charge on any atom is 0.264 e. The van der Waals surface area contributed by atoms with E-state index in [1.54, 1.807) is 9.80 Å². The van der Waals surface area contributed by atoms with Crippen molar-refractivity contribution in [1.29, 1.82) is 0 Å². The molecule has 0 atom stereocenters. The second-order valence-electron chi connectivity index (χ2n) is 6.86. The molecular weight excluding hydrogens is 340 g/mol.